The lowest BCUT2D eigenvalue weighted by molar-refractivity contribution is -0.116. The molecule has 0 unspecified atom stereocenters. The van der Waals surface area contributed by atoms with Gasteiger partial charge in [0.05, 0.1) is 24.2 Å². The van der Waals surface area contributed by atoms with Gasteiger partial charge in [-0.3, -0.25) is 4.79 Å². The van der Waals surface area contributed by atoms with E-state index in [0.717, 1.165) is 11.1 Å². The third-order valence-electron chi connectivity index (χ3n) is 5.96. The highest BCUT2D eigenvalue weighted by Crippen LogP contribution is 2.42. The number of terminal acetylenes is 1. The Kier molecular flexibility index (Phi) is 6.51. The second-order valence-corrected chi connectivity index (χ2v) is 8.34. The number of ether oxygens (including phenoxy) is 2. The third-order valence-corrected chi connectivity index (χ3v) is 5.96. The number of nitrogens with zero attached hydrogens (tertiary/aromatic N) is 5. The number of anilines is 1. The molecule has 186 valence electrons. The van der Waals surface area contributed by atoms with Crippen molar-refractivity contribution in [1.82, 2.24) is 25.0 Å². The third kappa shape index (κ3) is 4.71. The number of amides is 1. The molecule has 1 N–H and O–H groups in total. The van der Waals surface area contributed by atoms with Gasteiger partial charge in [-0.15, -0.1) is 11.5 Å². The number of aromatic nitrogens is 5. The maximum atomic E-state index is 13.4. The van der Waals surface area contributed by atoms with Crippen LogP contribution in [-0.4, -0.2) is 44.1 Å². The number of rotatable bonds is 7. The Labute approximate surface area is 212 Å². The molecule has 9 nitrogen and oxygen atoms in total. The topological polar surface area (TPSA) is 104 Å². The van der Waals surface area contributed by atoms with Crippen LogP contribution in [0.15, 0.2) is 48.7 Å². The maximum absolute atomic E-state index is 13.4. The molecular weight excluding hydrogens is 475 g/mol. The highest BCUT2D eigenvalue weighted by molar-refractivity contribution is 5.95. The number of aryl methyl sites for hydroxylation is 1. The Bertz CT molecular complexity index is 1510. The van der Waals surface area contributed by atoms with Gasteiger partial charge in [0.15, 0.2) is 11.5 Å². The molecule has 0 radical (unpaired) electrons. The maximum Gasteiger partial charge on any atom is 0.272 e. The van der Waals surface area contributed by atoms with E-state index in [1.54, 1.807) is 18.2 Å². The lowest BCUT2D eigenvalue weighted by atomic mass is 9.85. The van der Waals surface area contributed by atoms with Gasteiger partial charge in [0, 0.05) is 23.5 Å². The van der Waals surface area contributed by atoms with Gasteiger partial charge in [0.2, 0.25) is 5.91 Å². The second kappa shape index (κ2) is 10.1. The van der Waals surface area contributed by atoms with E-state index in [1.807, 2.05) is 26.0 Å². The fraction of sp³-hybridized carbons (Fsp3) is 0.222. The van der Waals surface area contributed by atoms with E-state index in [1.165, 1.54) is 23.0 Å². The van der Waals surface area contributed by atoms with Gasteiger partial charge in [-0.2, -0.15) is 14.9 Å². The van der Waals surface area contributed by atoms with Crippen molar-refractivity contribution in [1.29, 1.82) is 0 Å². The predicted molar refractivity (Wildman–Crippen MR) is 134 cm³/mol. The summed E-state index contributed by atoms with van der Waals surface area (Å²) in [6.45, 7) is 4.31. The molecule has 2 aromatic heterocycles. The first-order chi connectivity index (χ1) is 18.0. The number of carbonyl (C=O) groups excluding carboxylic acids is 1. The van der Waals surface area contributed by atoms with Gasteiger partial charge in [-0.05, 0) is 55.8 Å². The highest BCUT2D eigenvalue weighted by Gasteiger charge is 2.34. The van der Waals surface area contributed by atoms with Crippen LogP contribution in [0.1, 0.15) is 36.1 Å². The Morgan fingerprint density at radius 1 is 1.19 bits per heavy atom. The van der Waals surface area contributed by atoms with Gasteiger partial charge in [-0.1, -0.05) is 12.0 Å². The number of fused-ring (bicyclic) bond motifs is 1. The molecule has 1 atom stereocenters. The standard InChI is InChI=1S/C27H23FN6O3/c1-4-12-37-22-11-8-18(13-23(22)36-5-2)20-14-24(35)31-26-25(20)16(3)33-34(26)27-30-21(15-29-32-27)17-6-9-19(28)10-7-17/h1,6-11,13,15,20H,5,12,14H2,2-3H3,(H,31,35)/t20-/m0/s1. The summed E-state index contributed by atoms with van der Waals surface area (Å²) in [5.41, 5.74) is 3.59. The normalized spacial score (nSPS) is 14.4. The van der Waals surface area contributed by atoms with Crippen LogP contribution in [-0.2, 0) is 4.79 Å². The largest absolute Gasteiger partial charge is 0.490 e. The first kappa shape index (κ1) is 23.9. The number of halogens is 1. The quantitative estimate of drug-likeness (QED) is 0.383. The Morgan fingerprint density at radius 2 is 2.00 bits per heavy atom. The molecule has 0 fully saturated rings. The summed E-state index contributed by atoms with van der Waals surface area (Å²) < 4.78 is 26.2. The molecule has 0 saturated heterocycles. The Hall–Kier alpha value is -4.78. The van der Waals surface area contributed by atoms with Crippen LogP contribution < -0.4 is 14.8 Å². The van der Waals surface area contributed by atoms with Crippen molar-refractivity contribution in [2.45, 2.75) is 26.2 Å². The Balaban J connectivity index is 1.56. The van der Waals surface area contributed by atoms with Crippen LogP contribution in [0.5, 0.6) is 11.5 Å². The molecule has 1 aliphatic rings. The van der Waals surface area contributed by atoms with E-state index in [0.29, 0.717) is 40.9 Å². The minimum atomic E-state index is -0.348. The van der Waals surface area contributed by atoms with Crippen LogP contribution >= 0.6 is 0 Å². The van der Waals surface area contributed by atoms with E-state index in [9.17, 15) is 9.18 Å². The second-order valence-electron chi connectivity index (χ2n) is 8.34. The molecule has 0 saturated carbocycles. The molecule has 37 heavy (non-hydrogen) atoms. The van der Waals surface area contributed by atoms with Crippen LogP contribution in [0.4, 0.5) is 10.2 Å². The van der Waals surface area contributed by atoms with Crippen molar-refractivity contribution in [2.75, 3.05) is 18.5 Å². The molecule has 2 aromatic carbocycles. The summed E-state index contributed by atoms with van der Waals surface area (Å²) in [6, 6.07) is 11.5. The summed E-state index contributed by atoms with van der Waals surface area (Å²) in [5, 5.41) is 15.7. The number of benzene rings is 2. The van der Waals surface area contributed by atoms with Crippen molar-refractivity contribution in [3.8, 4) is 41.0 Å². The fourth-order valence-corrected chi connectivity index (χ4v) is 4.37. The molecular formula is C27H23FN6O3. The smallest absolute Gasteiger partial charge is 0.272 e. The molecule has 1 aliphatic heterocycles. The predicted octanol–water partition coefficient (Wildman–Crippen LogP) is 4.06. The SMILES string of the molecule is C#CCOc1ccc([C@@H]2CC(=O)Nc3c2c(C)nn3-c2nncc(-c3ccc(F)cc3)n2)cc1OCC. The minimum absolute atomic E-state index is 0.117. The molecule has 10 heteroatoms. The van der Waals surface area contributed by atoms with E-state index in [2.05, 4.69) is 31.5 Å². The number of hydrogen-bond acceptors (Lipinski definition) is 7. The van der Waals surface area contributed by atoms with E-state index in [4.69, 9.17) is 15.9 Å². The first-order valence-corrected chi connectivity index (χ1v) is 11.7. The molecule has 3 heterocycles. The molecule has 0 bridgehead atoms. The van der Waals surface area contributed by atoms with Gasteiger partial charge >= 0.3 is 0 Å². The van der Waals surface area contributed by atoms with Crippen LogP contribution in [0.3, 0.4) is 0 Å². The van der Waals surface area contributed by atoms with Crippen molar-refractivity contribution in [3.63, 3.8) is 0 Å². The zero-order chi connectivity index (χ0) is 25.9. The summed E-state index contributed by atoms with van der Waals surface area (Å²) in [7, 11) is 0. The first-order valence-electron chi connectivity index (χ1n) is 11.7. The lowest BCUT2D eigenvalue weighted by Crippen LogP contribution is -2.25. The fourth-order valence-electron chi connectivity index (χ4n) is 4.37. The number of hydrogen-bond donors (Lipinski definition) is 1. The monoisotopic (exact) mass is 498 g/mol. The average molecular weight is 499 g/mol. The lowest BCUT2D eigenvalue weighted by Gasteiger charge is -2.25. The highest BCUT2D eigenvalue weighted by atomic mass is 19.1. The van der Waals surface area contributed by atoms with Gasteiger partial charge in [0.1, 0.15) is 18.2 Å². The number of nitrogens with one attached hydrogen (secondary N) is 1. The zero-order valence-corrected chi connectivity index (χ0v) is 20.2. The molecule has 0 aliphatic carbocycles. The molecule has 0 spiro atoms. The van der Waals surface area contributed by atoms with Crippen molar-refractivity contribution >= 4 is 11.7 Å². The molecule has 4 aromatic rings. The van der Waals surface area contributed by atoms with Crippen LogP contribution in [0.2, 0.25) is 0 Å². The summed E-state index contributed by atoms with van der Waals surface area (Å²) in [6.07, 6.45) is 7.04. The van der Waals surface area contributed by atoms with Gasteiger partial charge in [-0.25, -0.2) is 9.37 Å². The van der Waals surface area contributed by atoms with Gasteiger partial charge in [0.25, 0.3) is 5.95 Å². The Morgan fingerprint density at radius 3 is 2.76 bits per heavy atom. The van der Waals surface area contributed by atoms with E-state index < -0.39 is 0 Å². The summed E-state index contributed by atoms with van der Waals surface area (Å²) in [5.74, 6) is 3.38. The summed E-state index contributed by atoms with van der Waals surface area (Å²) in [4.78, 5) is 17.4. The van der Waals surface area contributed by atoms with Crippen molar-refractivity contribution in [2.24, 2.45) is 0 Å². The molecule has 5 rings (SSSR count). The minimum Gasteiger partial charge on any atom is -0.490 e. The van der Waals surface area contributed by atoms with Crippen LogP contribution in [0, 0.1) is 25.1 Å². The van der Waals surface area contributed by atoms with E-state index in [-0.39, 0.29) is 36.6 Å². The van der Waals surface area contributed by atoms with Crippen LogP contribution in [0.25, 0.3) is 17.2 Å². The summed E-state index contributed by atoms with van der Waals surface area (Å²) >= 11 is 0. The molecule has 1 amide bonds. The van der Waals surface area contributed by atoms with Crippen molar-refractivity contribution in [3.05, 3.63) is 71.3 Å². The zero-order valence-electron chi connectivity index (χ0n) is 20.2. The number of carbonyl (C=O) groups is 1. The average Bonchev–Trinajstić information content (AvgIpc) is 3.24. The van der Waals surface area contributed by atoms with Gasteiger partial charge < -0.3 is 14.8 Å². The van der Waals surface area contributed by atoms with Crippen molar-refractivity contribution < 1.29 is 18.7 Å². The van der Waals surface area contributed by atoms with E-state index >= 15 is 0 Å².